The zero-order chi connectivity index (χ0) is 18.6. The Morgan fingerprint density at radius 3 is 2.48 bits per heavy atom. The molecule has 2 rings (SSSR count). The molecule has 0 radical (unpaired) electrons. The van der Waals surface area contributed by atoms with E-state index in [0.717, 1.165) is 18.2 Å². The maximum absolute atomic E-state index is 12.7. The second kappa shape index (κ2) is 7.20. The van der Waals surface area contributed by atoms with Gasteiger partial charge in [0.2, 0.25) is 0 Å². The van der Waals surface area contributed by atoms with Crippen molar-refractivity contribution in [3.8, 4) is 11.5 Å². The Morgan fingerprint density at radius 1 is 1.16 bits per heavy atom. The number of alkyl halides is 3. The molecular weight excluding hydrogens is 343 g/mol. The fourth-order valence-corrected chi connectivity index (χ4v) is 2.04. The average Bonchev–Trinajstić information content (AvgIpc) is 2.54. The van der Waals surface area contributed by atoms with E-state index in [1.54, 1.807) is 0 Å². The van der Waals surface area contributed by atoms with Gasteiger partial charge in [-0.1, -0.05) is 18.2 Å². The second-order valence-electron chi connectivity index (χ2n) is 4.94. The van der Waals surface area contributed by atoms with Gasteiger partial charge in [0.25, 0.3) is 5.69 Å². The van der Waals surface area contributed by atoms with E-state index in [1.807, 2.05) is 0 Å². The van der Waals surface area contributed by atoms with Crippen LogP contribution < -0.4 is 9.47 Å². The van der Waals surface area contributed by atoms with Crippen LogP contribution in [-0.2, 0) is 17.4 Å². The van der Waals surface area contributed by atoms with E-state index >= 15 is 0 Å². The van der Waals surface area contributed by atoms with E-state index in [2.05, 4.69) is 0 Å². The van der Waals surface area contributed by atoms with Crippen LogP contribution in [0.4, 0.5) is 18.9 Å². The molecule has 0 atom stereocenters. The second-order valence-corrected chi connectivity index (χ2v) is 4.94. The van der Waals surface area contributed by atoms with Crippen LogP contribution in [0.2, 0.25) is 0 Å². The molecule has 2 aromatic rings. The van der Waals surface area contributed by atoms with Crippen molar-refractivity contribution < 1.29 is 32.4 Å². The summed E-state index contributed by atoms with van der Waals surface area (Å²) in [7, 11) is 1.28. The number of nitro groups is 1. The average molecular weight is 355 g/mol. The number of methoxy groups -OCH3 is 1. The molecule has 0 fully saturated rings. The molecule has 0 aliphatic carbocycles. The van der Waals surface area contributed by atoms with Crippen molar-refractivity contribution >= 4 is 11.7 Å². The van der Waals surface area contributed by atoms with Crippen molar-refractivity contribution in [2.75, 3.05) is 7.11 Å². The number of ether oxygens (including phenoxy) is 2. The van der Waals surface area contributed by atoms with Gasteiger partial charge < -0.3 is 9.47 Å². The Hall–Kier alpha value is -3.10. The number of nitro benzene ring substituents is 1. The van der Waals surface area contributed by atoms with Crippen molar-refractivity contribution in [1.82, 2.24) is 0 Å². The molecule has 0 aliphatic heterocycles. The summed E-state index contributed by atoms with van der Waals surface area (Å²) < 4.78 is 48.0. The Morgan fingerprint density at radius 2 is 1.88 bits per heavy atom. The first-order chi connectivity index (χ1) is 11.7. The molecule has 25 heavy (non-hydrogen) atoms. The number of non-ortho nitro benzene ring substituents is 1. The summed E-state index contributed by atoms with van der Waals surface area (Å²) >= 11 is 0. The quantitative estimate of drug-likeness (QED) is 0.353. The summed E-state index contributed by atoms with van der Waals surface area (Å²) in [5, 5.41) is 10.8. The summed E-state index contributed by atoms with van der Waals surface area (Å²) in [4.78, 5) is 22.1. The molecule has 132 valence electrons. The lowest BCUT2D eigenvalue weighted by molar-refractivity contribution is -0.384. The SMILES string of the molecule is COc1ccc([N+](=O)[O-])cc1OC(=O)Cc1cccc(C(F)(F)F)c1. The maximum Gasteiger partial charge on any atom is 0.416 e. The molecule has 0 bridgehead atoms. The number of halogens is 3. The first kappa shape index (κ1) is 18.2. The van der Waals surface area contributed by atoms with Crippen LogP contribution in [0.15, 0.2) is 42.5 Å². The van der Waals surface area contributed by atoms with E-state index < -0.39 is 29.1 Å². The van der Waals surface area contributed by atoms with Gasteiger partial charge in [-0.25, -0.2) is 0 Å². The topological polar surface area (TPSA) is 78.7 Å². The molecule has 0 N–H and O–H groups in total. The molecule has 9 heteroatoms. The highest BCUT2D eigenvalue weighted by Crippen LogP contribution is 2.32. The monoisotopic (exact) mass is 355 g/mol. The number of hydrogen-bond acceptors (Lipinski definition) is 5. The lowest BCUT2D eigenvalue weighted by Crippen LogP contribution is -2.13. The number of hydrogen-bond donors (Lipinski definition) is 0. The standard InChI is InChI=1S/C16H12F3NO5/c1-24-13-6-5-12(20(22)23)9-14(13)25-15(21)8-10-3-2-4-11(7-10)16(17,18)19/h2-7,9H,8H2,1H3. The molecule has 2 aromatic carbocycles. The molecule has 0 unspecified atom stereocenters. The van der Waals surface area contributed by atoms with Crippen LogP contribution in [0.3, 0.4) is 0 Å². The van der Waals surface area contributed by atoms with Crippen LogP contribution in [0.1, 0.15) is 11.1 Å². The fourth-order valence-electron chi connectivity index (χ4n) is 2.04. The number of benzene rings is 2. The number of rotatable bonds is 5. The predicted octanol–water partition coefficient (Wildman–Crippen LogP) is 3.77. The van der Waals surface area contributed by atoms with Gasteiger partial charge in [0, 0.05) is 6.07 Å². The van der Waals surface area contributed by atoms with Crippen molar-refractivity contribution in [3.05, 3.63) is 63.7 Å². The van der Waals surface area contributed by atoms with Crippen molar-refractivity contribution in [3.63, 3.8) is 0 Å². The van der Waals surface area contributed by atoms with Crippen LogP contribution in [0, 0.1) is 10.1 Å². The minimum Gasteiger partial charge on any atom is -0.493 e. The fraction of sp³-hybridized carbons (Fsp3) is 0.188. The molecule has 0 spiro atoms. The molecule has 6 nitrogen and oxygen atoms in total. The summed E-state index contributed by atoms with van der Waals surface area (Å²) in [6.07, 6.45) is -4.96. The van der Waals surface area contributed by atoms with E-state index in [0.29, 0.717) is 0 Å². The Labute approximate surface area is 139 Å². The van der Waals surface area contributed by atoms with E-state index in [4.69, 9.17) is 9.47 Å². The molecule has 0 aromatic heterocycles. The predicted molar refractivity (Wildman–Crippen MR) is 80.4 cm³/mol. The smallest absolute Gasteiger partial charge is 0.416 e. The third-order valence-electron chi connectivity index (χ3n) is 3.18. The maximum atomic E-state index is 12.7. The lowest BCUT2D eigenvalue weighted by Gasteiger charge is -2.10. The normalized spacial score (nSPS) is 11.0. The molecule has 0 saturated heterocycles. The summed E-state index contributed by atoms with van der Waals surface area (Å²) in [6, 6.07) is 7.68. The third kappa shape index (κ3) is 4.69. The van der Waals surface area contributed by atoms with Crippen molar-refractivity contribution in [2.24, 2.45) is 0 Å². The van der Waals surface area contributed by atoms with Gasteiger partial charge in [-0.2, -0.15) is 13.2 Å². The van der Waals surface area contributed by atoms with Gasteiger partial charge in [0.15, 0.2) is 11.5 Å². The molecule has 0 amide bonds. The van der Waals surface area contributed by atoms with Gasteiger partial charge in [-0.15, -0.1) is 0 Å². The molecule has 0 saturated carbocycles. The number of esters is 1. The van der Waals surface area contributed by atoms with Crippen LogP contribution in [-0.4, -0.2) is 18.0 Å². The van der Waals surface area contributed by atoms with Gasteiger partial charge in [-0.05, 0) is 17.7 Å². The first-order valence-electron chi connectivity index (χ1n) is 6.90. The highest BCUT2D eigenvalue weighted by molar-refractivity contribution is 5.76. The Kier molecular flexibility index (Phi) is 5.26. The Bertz CT molecular complexity index is 805. The third-order valence-corrected chi connectivity index (χ3v) is 3.18. The molecule has 0 aliphatic rings. The van der Waals surface area contributed by atoms with E-state index in [-0.39, 0.29) is 22.7 Å². The highest BCUT2D eigenvalue weighted by atomic mass is 19.4. The van der Waals surface area contributed by atoms with E-state index in [1.165, 1.54) is 31.4 Å². The van der Waals surface area contributed by atoms with Crippen molar-refractivity contribution in [2.45, 2.75) is 12.6 Å². The number of carbonyl (C=O) groups excluding carboxylic acids is 1. The largest absolute Gasteiger partial charge is 0.493 e. The molecule has 0 heterocycles. The summed E-state index contributed by atoms with van der Waals surface area (Å²) in [5.74, 6) is -0.977. The van der Waals surface area contributed by atoms with Gasteiger partial charge in [-0.3, -0.25) is 14.9 Å². The van der Waals surface area contributed by atoms with Crippen LogP contribution >= 0.6 is 0 Å². The lowest BCUT2D eigenvalue weighted by atomic mass is 10.1. The summed E-state index contributed by atoms with van der Waals surface area (Å²) in [5.41, 5.74) is -1.10. The number of carbonyl (C=O) groups is 1. The zero-order valence-electron chi connectivity index (χ0n) is 12.9. The van der Waals surface area contributed by atoms with E-state index in [9.17, 15) is 28.1 Å². The van der Waals surface area contributed by atoms with Gasteiger partial charge >= 0.3 is 12.1 Å². The Balaban J connectivity index is 2.18. The minimum atomic E-state index is -4.52. The van der Waals surface area contributed by atoms with Gasteiger partial charge in [0.1, 0.15) is 0 Å². The van der Waals surface area contributed by atoms with Crippen LogP contribution in [0.5, 0.6) is 11.5 Å². The minimum absolute atomic E-state index is 0.0861. The number of nitrogens with zero attached hydrogens (tertiary/aromatic N) is 1. The highest BCUT2D eigenvalue weighted by Gasteiger charge is 2.30. The van der Waals surface area contributed by atoms with Gasteiger partial charge in [0.05, 0.1) is 30.1 Å². The zero-order valence-corrected chi connectivity index (χ0v) is 12.9. The van der Waals surface area contributed by atoms with Crippen molar-refractivity contribution in [1.29, 1.82) is 0 Å². The first-order valence-corrected chi connectivity index (χ1v) is 6.90. The van der Waals surface area contributed by atoms with Crippen LogP contribution in [0.25, 0.3) is 0 Å². The molecular formula is C16H12F3NO5. The summed E-state index contributed by atoms with van der Waals surface area (Å²) in [6.45, 7) is 0.